The molecular formula is C11H21N3O4S. The second-order valence-corrected chi connectivity index (χ2v) is 7.35. The number of nitrogens with one attached hydrogen (secondary N) is 1. The maximum atomic E-state index is 12.1. The van der Waals surface area contributed by atoms with Crippen LogP contribution in [0.25, 0.3) is 0 Å². The lowest BCUT2D eigenvalue weighted by atomic mass is 9.93. The van der Waals surface area contributed by atoms with E-state index in [1.54, 1.807) is 7.05 Å². The molecule has 0 aromatic rings. The second kappa shape index (κ2) is 5.35. The van der Waals surface area contributed by atoms with Gasteiger partial charge in [-0.2, -0.15) is 17.0 Å². The average molecular weight is 291 g/mol. The fourth-order valence-corrected chi connectivity index (χ4v) is 3.81. The van der Waals surface area contributed by atoms with E-state index < -0.39 is 16.3 Å². The molecule has 19 heavy (non-hydrogen) atoms. The summed E-state index contributed by atoms with van der Waals surface area (Å²) in [6.07, 6.45) is 0.804. The van der Waals surface area contributed by atoms with Crippen molar-refractivity contribution >= 4 is 16.1 Å². The van der Waals surface area contributed by atoms with Crippen LogP contribution in [-0.4, -0.2) is 69.4 Å². The Morgan fingerprint density at radius 1 is 1.42 bits per heavy atom. The molecule has 0 radical (unpaired) electrons. The maximum Gasteiger partial charge on any atom is 0.281 e. The van der Waals surface area contributed by atoms with Gasteiger partial charge in [0.05, 0.1) is 6.10 Å². The molecule has 0 aliphatic carbocycles. The number of fused-ring (bicyclic) bond motifs is 1. The molecule has 8 heteroatoms. The highest BCUT2D eigenvalue weighted by Crippen LogP contribution is 2.34. The van der Waals surface area contributed by atoms with E-state index in [1.165, 1.54) is 22.7 Å². The van der Waals surface area contributed by atoms with Gasteiger partial charge in [0.15, 0.2) is 0 Å². The van der Waals surface area contributed by atoms with Crippen LogP contribution in [0.5, 0.6) is 0 Å². The molecule has 7 nitrogen and oxygen atoms in total. The van der Waals surface area contributed by atoms with E-state index in [1.807, 2.05) is 0 Å². The van der Waals surface area contributed by atoms with E-state index in [9.17, 15) is 13.2 Å². The van der Waals surface area contributed by atoms with Crippen molar-refractivity contribution in [2.24, 2.45) is 5.92 Å². The van der Waals surface area contributed by atoms with Crippen molar-refractivity contribution in [3.05, 3.63) is 0 Å². The Bertz CT molecular complexity index is 451. The summed E-state index contributed by atoms with van der Waals surface area (Å²) >= 11 is 0. The molecule has 1 N–H and O–H groups in total. The van der Waals surface area contributed by atoms with Crippen LogP contribution in [0.4, 0.5) is 0 Å². The van der Waals surface area contributed by atoms with Crippen molar-refractivity contribution in [1.82, 2.24) is 13.9 Å². The first-order valence-electron chi connectivity index (χ1n) is 6.41. The number of piperidine rings is 1. The number of carbonyl (C=O) groups is 1. The molecule has 1 amide bonds. The van der Waals surface area contributed by atoms with Gasteiger partial charge in [-0.1, -0.05) is 0 Å². The number of likely N-dealkylation sites (N-methyl/N-ethyl adjacent to an activating group) is 1. The molecule has 0 unspecified atom stereocenters. The first-order valence-corrected chi connectivity index (χ1v) is 7.80. The molecular weight excluding hydrogens is 270 g/mol. The summed E-state index contributed by atoms with van der Waals surface area (Å²) in [7, 11) is 1.22. The van der Waals surface area contributed by atoms with Gasteiger partial charge < -0.3 is 10.1 Å². The molecule has 0 bridgehead atoms. The second-order valence-electron chi connectivity index (χ2n) is 5.21. The van der Waals surface area contributed by atoms with Gasteiger partial charge in [-0.3, -0.25) is 4.79 Å². The smallest absolute Gasteiger partial charge is 0.281 e. The summed E-state index contributed by atoms with van der Waals surface area (Å²) in [5.74, 6) is 0.146. The van der Waals surface area contributed by atoms with Crippen LogP contribution < -0.4 is 5.32 Å². The number of hydrogen-bond donors (Lipinski definition) is 1. The van der Waals surface area contributed by atoms with E-state index in [2.05, 4.69) is 5.32 Å². The average Bonchev–Trinajstić information content (AvgIpc) is 2.80. The number of hydrogen-bond acceptors (Lipinski definition) is 4. The van der Waals surface area contributed by atoms with Gasteiger partial charge in [-0.15, -0.1) is 0 Å². The molecule has 0 aromatic carbocycles. The molecule has 0 spiro atoms. The van der Waals surface area contributed by atoms with Crippen LogP contribution in [0.1, 0.15) is 12.8 Å². The fourth-order valence-electron chi connectivity index (χ4n) is 2.67. The molecule has 3 atom stereocenters. The Morgan fingerprint density at radius 2 is 2.11 bits per heavy atom. The highest BCUT2D eigenvalue weighted by Gasteiger charge is 2.44. The lowest BCUT2D eigenvalue weighted by molar-refractivity contribution is -0.131. The zero-order valence-corrected chi connectivity index (χ0v) is 12.3. The summed E-state index contributed by atoms with van der Waals surface area (Å²) in [6, 6.07) is 0. The first kappa shape index (κ1) is 14.7. The first-order chi connectivity index (χ1) is 8.86. The third-order valence-corrected chi connectivity index (χ3v) is 5.75. The largest absolute Gasteiger partial charge is 0.363 e. The van der Waals surface area contributed by atoms with E-state index in [-0.39, 0.29) is 17.9 Å². The minimum absolute atomic E-state index is 0.128. The number of carbonyl (C=O) groups excluding carboxylic acids is 1. The highest BCUT2D eigenvalue weighted by atomic mass is 32.2. The predicted molar refractivity (Wildman–Crippen MR) is 69.6 cm³/mol. The third-order valence-electron chi connectivity index (χ3n) is 3.84. The molecule has 2 heterocycles. The van der Waals surface area contributed by atoms with Crippen LogP contribution in [0.3, 0.4) is 0 Å². The van der Waals surface area contributed by atoms with Gasteiger partial charge in [-0.25, -0.2) is 0 Å². The third kappa shape index (κ3) is 2.76. The van der Waals surface area contributed by atoms with Crippen molar-refractivity contribution < 1.29 is 17.9 Å². The van der Waals surface area contributed by atoms with Crippen molar-refractivity contribution in [3.8, 4) is 0 Å². The Kier molecular flexibility index (Phi) is 4.14. The lowest BCUT2D eigenvalue weighted by Crippen LogP contribution is -2.49. The fraction of sp³-hybridized carbons (Fsp3) is 0.909. The number of nitrogens with zero attached hydrogens (tertiary/aromatic N) is 2. The van der Waals surface area contributed by atoms with Gasteiger partial charge in [0.25, 0.3) is 10.2 Å². The monoisotopic (exact) mass is 291 g/mol. The highest BCUT2D eigenvalue weighted by molar-refractivity contribution is 7.86. The van der Waals surface area contributed by atoms with Gasteiger partial charge >= 0.3 is 0 Å². The van der Waals surface area contributed by atoms with E-state index >= 15 is 0 Å². The number of ether oxygens (including phenoxy) is 1. The van der Waals surface area contributed by atoms with Crippen LogP contribution in [0, 0.1) is 5.92 Å². The summed E-state index contributed by atoms with van der Waals surface area (Å²) < 4.78 is 32.4. The quantitative estimate of drug-likeness (QED) is 0.725. The van der Waals surface area contributed by atoms with Gasteiger partial charge in [0.1, 0.15) is 6.10 Å². The van der Waals surface area contributed by atoms with Gasteiger partial charge in [0, 0.05) is 34.2 Å². The minimum Gasteiger partial charge on any atom is -0.363 e. The van der Waals surface area contributed by atoms with Crippen molar-refractivity contribution in [3.63, 3.8) is 0 Å². The Morgan fingerprint density at radius 3 is 2.68 bits per heavy atom. The van der Waals surface area contributed by atoms with Gasteiger partial charge in [0.2, 0.25) is 5.91 Å². The molecule has 2 saturated heterocycles. The summed E-state index contributed by atoms with van der Waals surface area (Å²) in [5, 5.41) is 2.57. The van der Waals surface area contributed by atoms with Crippen LogP contribution >= 0.6 is 0 Å². The van der Waals surface area contributed by atoms with Crippen molar-refractivity contribution in [1.29, 1.82) is 0 Å². The standard InChI is InChI=1S/C11H21N3O4S/c1-12-11(15)9-6-8-4-5-14(7-10(8)18-9)19(16,17)13(2)3/h8-10H,4-7H2,1-3H3,(H,12,15)/t8-,9+,10-/m0/s1. The normalized spacial score (nSPS) is 32.3. The maximum absolute atomic E-state index is 12.1. The Balaban J connectivity index is 2.04. The summed E-state index contributed by atoms with van der Waals surface area (Å²) in [5.41, 5.74) is 0. The Hall–Kier alpha value is -0.700. The minimum atomic E-state index is -3.40. The van der Waals surface area contributed by atoms with Crippen LogP contribution in [0.2, 0.25) is 0 Å². The molecule has 2 aliphatic rings. The topological polar surface area (TPSA) is 79.0 Å². The van der Waals surface area contributed by atoms with Gasteiger partial charge in [-0.05, 0) is 18.8 Å². The zero-order chi connectivity index (χ0) is 14.2. The van der Waals surface area contributed by atoms with Crippen molar-refractivity contribution in [2.45, 2.75) is 25.0 Å². The van der Waals surface area contributed by atoms with Crippen LogP contribution in [-0.2, 0) is 19.7 Å². The van der Waals surface area contributed by atoms with Crippen molar-refractivity contribution in [2.75, 3.05) is 34.2 Å². The van der Waals surface area contributed by atoms with E-state index in [4.69, 9.17) is 4.74 Å². The molecule has 2 rings (SSSR count). The number of rotatable bonds is 3. The Labute approximate surface area is 114 Å². The van der Waals surface area contributed by atoms with E-state index in [0.29, 0.717) is 19.5 Å². The SMILES string of the molecule is CNC(=O)[C@H]1C[C@@H]2CCN(S(=O)(=O)N(C)C)C[C@@H]2O1. The molecule has 2 aliphatic heterocycles. The summed E-state index contributed by atoms with van der Waals surface area (Å²) in [4.78, 5) is 11.6. The summed E-state index contributed by atoms with van der Waals surface area (Å²) in [6.45, 7) is 0.824. The van der Waals surface area contributed by atoms with E-state index in [0.717, 1.165) is 6.42 Å². The molecule has 110 valence electrons. The molecule has 0 saturated carbocycles. The zero-order valence-electron chi connectivity index (χ0n) is 11.5. The van der Waals surface area contributed by atoms with Crippen LogP contribution in [0.15, 0.2) is 0 Å². The number of amides is 1. The lowest BCUT2D eigenvalue weighted by Gasteiger charge is -2.34. The predicted octanol–water partition coefficient (Wildman–Crippen LogP) is -0.982. The molecule has 0 aromatic heterocycles. The molecule has 2 fully saturated rings.